The molecule has 288 valence electrons. The molecule has 0 aliphatic carbocycles. The van der Waals surface area contributed by atoms with Gasteiger partial charge in [0.1, 0.15) is 0 Å². The average molecular weight is 786 g/mol. The van der Waals surface area contributed by atoms with Crippen molar-refractivity contribution < 1.29 is 13.2 Å². The highest BCUT2D eigenvalue weighted by atomic mass is 19.4. The molecule has 0 aliphatic rings. The summed E-state index contributed by atoms with van der Waals surface area (Å²) in [6.45, 7) is 1.98. The van der Waals surface area contributed by atoms with Crippen LogP contribution in [0.5, 0.6) is 0 Å². The van der Waals surface area contributed by atoms with E-state index in [0.29, 0.717) is 50.8 Å². The Morgan fingerprint density at radius 2 is 0.850 bits per heavy atom. The molecule has 0 bridgehead atoms. The van der Waals surface area contributed by atoms with Crippen LogP contribution in [0.4, 0.5) is 13.2 Å². The Balaban J connectivity index is 1.29. The first-order valence-electron chi connectivity index (χ1n) is 19.5. The predicted molar refractivity (Wildman–Crippen MR) is 234 cm³/mol. The number of aryl methyl sites for hydroxylation is 1. The fourth-order valence-electron chi connectivity index (χ4n) is 7.79. The predicted octanol–water partition coefficient (Wildman–Crippen LogP) is 13.7. The summed E-state index contributed by atoms with van der Waals surface area (Å²) >= 11 is 0. The van der Waals surface area contributed by atoms with E-state index in [1.165, 1.54) is 6.07 Å². The van der Waals surface area contributed by atoms with Crippen molar-refractivity contribution in [1.82, 2.24) is 24.5 Å². The normalized spacial score (nSPS) is 11.7. The third kappa shape index (κ3) is 6.88. The zero-order valence-corrected chi connectivity index (χ0v) is 32.3. The first kappa shape index (κ1) is 36.6. The van der Waals surface area contributed by atoms with Crippen LogP contribution in [0.25, 0.3) is 95.3 Å². The maximum Gasteiger partial charge on any atom is 0.416 e. The monoisotopic (exact) mass is 785 g/mol. The second kappa shape index (κ2) is 14.9. The Bertz CT molecular complexity index is 3070. The largest absolute Gasteiger partial charge is 0.416 e. The summed E-state index contributed by atoms with van der Waals surface area (Å²) in [7, 11) is 0. The quantitative estimate of drug-likeness (QED) is 0.161. The van der Waals surface area contributed by atoms with Gasteiger partial charge in [0.15, 0.2) is 11.6 Å². The lowest BCUT2D eigenvalue weighted by molar-refractivity contribution is -0.137. The Hall–Kier alpha value is -7.71. The highest BCUT2D eigenvalue weighted by molar-refractivity contribution is 6.10. The van der Waals surface area contributed by atoms with Crippen LogP contribution in [-0.4, -0.2) is 24.5 Å². The summed E-state index contributed by atoms with van der Waals surface area (Å²) in [5.41, 5.74) is 9.82. The minimum atomic E-state index is -4.54. The first-order valence-corrected chi connectivity index (χ1v) is 19.5. The van der Waals surface area contributed by atoms with Gasteiger partial charge in [-0.05, 0) is 61.0 Å². The SMILES string of the molecule is Cc1ccc2c3ccc(C(F)(F)F)cc3n(-c3ccc(-c4nc(-c5ccccc5)cc(-c5ccccc5)n4)cc3-c3cc(-c4ccccc4)nc(-c4ccccc4)n3)c2c1. The van der Waals surface area contributed by atoms with E-state index >= 15 is 0 Å². The highest BCUT2D eigenvalue weighted by Crippen LogP contribution is 2.41. The van der Waals surface area contributed by atoms with Crippen LogP contribution in [0.15, 0.2) is 188 Å². The molecule has 0 unspecified atom stereocenters. The van der Waals surface area contributed by atoms with Crippen LogP contribution >= 0.6 is 0 Å². The van der Waals surface area contributed by atoms with Gasteiger partial charge in [0.05, 0.1) is 45.1 Å². The summed E-state index contributed by atoms with van der Waals surface area (Å²) in [4.78, 5) is 20.5. The number of benzene rings is 7. The van der Waals surface area contributed by atoms with E-state index in [-0.39, 0.29) is 0 Å². The summed E-state index contributed by atoms with van der Waals surface area (Å²) in [5.74, 6) is 0.996. The van der Waals surface area contributed by atoms with E-state index in [9.17, 15) is 13.2 Å². The smallest absolute Gasteiger partial charge is 0.309 e. The van der Waals surface area contributed by atoms with Gasteiger partial charge in [0, 0.05) is 44.2 Å². The molecule has 0 saturated heterocycles. The van der Waals surface area contributed by atoms with Crippen molar-refractivity contribution in [2.75, 3.05) is 0 Å². The summed E-state index contributed by atoms with van der Waals surface area (Å²) in [6.07, 6.45) is -4.54. The van der Waals surface area contributed by atoms with Crippen LogP contribution in [0.2, 0.25) is 0 Å². The minimum Gasteiger partial charge on any atom is -0.309 e. The first-order chi connectivity index (χ1) is 29.3. The molecule has 0 radical (unpaired) electrons. The van der Waals surface area contributed by atoms with Crippen LogP contribution in [0, 0.1) is 6.92 Å². The fraction of sp³-hybridized carbons (Fsp3) is 0.0385. The molecular weight excluding hydrogens is 752 g/mol. The van der Waals surface area contributed by atoms with E-state index < -0.39 is 11.7 Å². The molecule has 7 aromatic carbocycles. The van der Waals surface area contributed by atoms with Crippen molar-refractivity contribution in [3.8, 4) is 73.5 Å². The van der Waals surface area contributed by atoms with Gasteiger partial charge >= 0.3 is 6.18 Å². The standard InChI is InChI=1S/C52H34F3N5/c1-33-22-25-40-41-26-24-39(52(53,54)55)30-49(41)60(48(40)28-33)47-27-23-38(51-57-43(34-14-6-2-7-15-34)31-44(58-51)35-16-8-3-9-17-35)29-42(47)46-32-45(36-18-10-4-11-19-36)56-50(59-46)37-20-12-5-13-21-37/h2-32H,1H3. The Morgan fingerprint density at radius 3 is 1.38 bits per heavy atom. The van der Waals surface area contributed by atoms with Crippen molar-refractivity contribution in [2.45, 2.75) is 13.1 Å². The third-order valence-corrected chi connectivity index (χ3v) is 10.7. The van der Waals surface area contributed by atoms with Gasteiger partial charge in [0.25, 0.3) is 0 Å². The molecule has 0 spiro atoms. The number of hydrogen-bond acceptors (Lipinski definition) is 4. The lowest BCUT2D eigenvalue weighted by Crippen LogP contribution is -2.06. The lowest BCUT2D eigenvalue weighted by Gasteiger charge is -2.17. The Kier molecular flexibility index (Phi) is 9.10. The number of rotatable bonds is 7. The van der Waals surface area contributed by atoms with E-state index in [1.807, 2.05) is 181 Å². The number of fused-ring (bicyclic) bond motifs is 3. The molecule has 0 saturated carbocycles. The van der Waals surface area contributed by atoms with Crippen LogP contribution in [-0.2, 0) is 6.18 Å². The zero-order valence-electron chi connectivity index (χ0n) is 32.3. The van der Waals surface area contributed by atoms with Gasteiger partial charge in [-0.15, -0.1) is 0 Å². The molecule has 3 heterocycles. The third-order valence-electron chi connectivity index (χ3n) is 10.7. The average Bonchev–Trinajstić information content (AvgIpc) is 3.62. The molecule has 0 amide bonds. The maximum absolute atomic E-state index is 14.4. The molecule has 10 rings (SSSR count). The van der Waals surface area contributed by atoms with E-state index in [2.05, 4.69) is 0 Å². The molecule has 0 N–H and O–H groups in total. The van der Waals surface area contributed by atoms with E-state index in [4.69, 9.17) is 19.9 Å². The summed E-state index contributed by atoms with van der Waals surface area (Å²) in [5, 5.41) is 1.54. The van der Waals surface area contributed by atoms with Crippen molar-refractivity contribution in [2.24, 2.45) is 0 Å². The highest BCUT2D eigenvalue weighted by Gasteiger charge is 2.31. The maximum atomic E-state index is 14.4. The molecule has 10 aromatic rings. The van der Waals surface area contributed by atoms with E-state index in [1.54, 1.807) is 6.07 Å². The Morgan fingerprint density at radius 1 is 0.400 bits per heavy atom. The molecule has 60 heavy (non-hydrogen) atoms. The lowest BCUT2D eigenvalue weighted by atomic mass is 10.0. The molecule has 5 nitrogen and oxygen atoms in total. The van der Waals surface area contributed by atoms with Crippen molar-refractivity contribution in [1.29, 1.82) is 0 Å². The molecule has 3 aromatic heterocycles. The fourth-order valence-corrected chi connectivity index (χ4v) is 7.79. The van der Waals surface area contributed by atoms with Gasteiger partial charge in [-0.25, -0.2) is 19.9 Å². The molecule has 0 fully saturated rings. The number of hydrogen-bond donors (Lipinski definition) is 0. The number of nitrogens with zero attached hydrogens (tertiary/aromatic N) is 5. The molecule has 0 atom stereocenters. The Labute approximate surface area is 344 Å². The van der Waals surface area contributed by atoms with Crippen LogP contribution in [0.1, 0.15) is 11.1 Å². The van der Waals surface area contributed by atoms with E-state index in [0.717, 1.165) is 56.2 Å². The molecular formula is C52H34F3N5. The van der Waals surface area contributed by atoms with Gasteiger partial charge < -0.3 is 4.57 Å². The van der Waals surface area contributed by atoms with Gasteiger partial charge in [-0.2, -0.15) is 13.2 Å². The summed E-state index contributed by atoms with van der Waals surface area (Å²) in [6, 6.07) is 59.4. The number of alkyl halides is 3. The van der Waals surface area contributed by atoms with Crippen LogP contribution in [0.3, 0.4) is 0 Å². The molecule has 8 heteroatoms. The van der Waals surface area contributed by atoms with Crippen molar-refractivity contribution in [3.05, 3.63) is 199 Å². The topological polar surface area (TPSA) is 56.5 Å². The van der Waals surface area contributed by atoms with Gasteiger partial charge in [-0.3, -0.25) is 0 Å². The van der Waals surface area contributed by atoms with Gasteiger partial charge in [0.2, 0.25) is 0 Å². The number of aromatic nitrogens is 5. The second-order valence-electron chi connectivity index (χ2n) is 14.7. The number of halogens is 3. The minimum absolute atomic E-state index is 0.425. The second-order valence-corrected chi connectivity index (χ2v) is 14.7. The van der Waals surface area contributed by atoms with Gasteiger partial charge in [-0.1, -0.05) is 140 Å². The van der Waals surface area contributed by atoms with Crippen LogP contribution < -0.4 is 0 Å². The molecule has 0 aliphatic heterocycles. The van der Waals surface area contributed by atoms with Crippen molar-refractivity contribution in [3.63, 3.8) is 0 Å². The zero-order chi connectivity index (χ0) is 40.8. The summed E-state index contributed by atoms with van der Waals surface area (Å²) < 4.78 is 45.2. The van der Waals surface area contributed by atoms with Crippen molar-refractivity contribution >= 4 is 21.8 Å².